The van der Waals surface area contributed by atoms with Crippen molar-refractivity contribution in [3.8, 4) is 5.75 Å². The summed E-state index contributed by atoms with van der Waals surface area (Å²) in [5.41, 5.74) is 3.17. The molecule has 174 valence electrons. The van der Waals surface area contributed by atoms with Gasteiger partial charge in [0, 0.05) is 6.54 Å². The van der Waals surface area contributed by atoms with Crippen molar-refractivity contribution in [3.05, 3.63) is 89.5 Å². The van der Waals surface area contributed by atoms with Crippen LogP contribution in [0, 0.1) is 13.8 Å². The molecule has 1 N–H and O–H groups in total. The third-order valence-corrected chi connectivity index (χ3v) is 6.73. The van der Waals surface area contributed by atoms with Crippen molar-refractivity contribution in [2.45, 2.75) is 45.2 Å². The summed E-state index contributed by atoms with van der Waals surface area (Å²) in [6.07, 6.45) is 0.0460. The first-order valence-corrected chi connectivity index (χ1v) is 12.3. The maximum absolute atomic E-state index is 13.4. The molecule has 7 heteroatoms. The summed E-state index contributed by atoms with van der Waals surface area (Å²) in [6.45, 7) is 7.60. The van der Waals surface area contributed by atoms with E-state index in [0.717, 1.165) is 26.7 Å². The number of hydrogen-bond donors (Lipinski definition) is 1. The Bertz CT molecular complexity index is 1200. The molecule has 0 unspecified atom stereocenters. The highest BCUT2D eigenvalue weighted by Crippen LogP contribution is 2.25. The van der Waals surface area contributed by atoms with Crippen LogP contribution in [0.15, 0.2) is 77.7 Å². The molecule has 3 rings (SSSR count). The number of hydrogen-bond acceptors (Lipinski definition) is 4. The standard InChI is InChI=1S/C26H30N2O4S/c1-19(2)32-24-10-6-8-22(16-24)17-27-26(29)18-28(23-9-5-7-21(4)15-23)33(30,31)25-13-11-20(3)12-14-25/h5-16,19H,17-18H2,1-4H3,(H,27,29). The zero-order valence-electron chi connectivity index (χ0n) is 19.4. The number of anilines is 1. The van der Waals surface area contributed by atoms with Gasteiger partial charge in [0.15, 0.2) is 0 Å². The van der Waals surface area contributed by atoms with Gasteiger partial charge in [0.2, 0.25) is 5.91 Å². The molecule has 0 heterocycles. The summed E-state index contributed by atoms with van der Waals surface area (Å²) in [5.74, 6) is 0.322. The van der Waals surface area contributed by atoms with Crippen molar-refractivity contribution in [1.82, 2.24) is 5.32 Å². The Kier molecular flexibility index (Phi) is 7.76. The number of ether oxygens (including phenoxy) is 1. The van der Waals surface area contributed by atoms with Crippen LogP contribution in [0.5, 0.6) is 5.75 Å². The third-order valence-electron chi connectivity index (χ3n) is 4.95. The van der Waals surface area contributed by atoms with E-state index in [4.69, 9.17) is 4.74 Å². The summed E-state index contributed by atoms with van der Waals surface area (Å²) >= 11 is 0. The molecule has 0 saturated heterocycles. The number of rotatable bonds is 9. The van der Waals surface area contributed by atoms with Crippen molar-refractivity contribution in [1.29, 1.82) is 0 Å². The molecule has 0 bridgehead atoms. The van der Waals surface area contributed by atoms with Gasteiger partial charge >= 0.3 is 0 Å². The Morgan fingerprint density at radius 1 is 0.939 bits per heavy atom. The van der Waals surface area contributed by atoms with Gasteiger partial charge in [-0.15, -0.1) is 0 Å². The summed E-state index contributed by atoms with van der Waals surface area (Å²) in [6, 6.07) is 21.2. The Hall–Kier alpha value is -3.32. The van der Waals surface area contributed by atoms with E-state index < -0.39 is 15.9 Å². The molecule has 0 aliphatic heterocycles. The van der Waals surface area contributed by atoms with Gasteiger partial charge < -0.3 is 10.1 Å². The molecule has 0 aromatic heterocycles. The number of carbonyl (C=O) groups is 1. The fourth-order valence-corrected chi connectivity index (χ4v) is 4.74. The van der Waals surface area contributed by atoms with Gasteiger partial charge in [-0.05, 0) is 75.2 Å². The summed E-state index contributed by atoms with van der Waals surface area (Å²) in [5, 5.41) is 2.83. The van der Waals surface area contributed by atoms with E-state index in [2.05, 4.69) is 5.32 Å². The highest BCUT2D eigenvalue weighted by atomic mass is 32.2. The van der Waals surface area contributed by atoms with Gasteiger partial charge in [-0.2, -0.15) is 0 Å². The van der Waals surface area contributed by atoms with Crippen molar-refractivity contribution in [3.63, 3.8) is 0 Å². The molecule has 6 nitrogen and oxygen atoms in total. The normalized spacial score (nSPS) is 11.3. The molecular formula is C26H30N2O4S. The fourth-order valence-electron chi connectivity index (χ4n) is 3.32. The highest BCUT2D eigenvalue weighted by Gasteiger charge is 2.27. The first-order valence-electron chi connectivity index (χ1n) is 10.8. The maximum Gasteiger partial charge on any atom is 0.264 e. The monoisotopic (exact) mass is 466 g/mol. The SMILES string of the molecule is Cc1ccc(S(=O)(=O)N(CC(=O)NCc2cccc(OC(C)C)c2)c2cccc(C)c2)cc1. The average molecular weight is 467 g/mol. The lowest BCUT2D eigenvalue weighted by atomic mass is 10.2. The number of nitrogens with one attached hydrogen (secondary N) is 1. The van der Waals surface area contributed by atoms with Crippen molar-refractivity contribution in [2.75, 3.05) is 10.8 Å². The lowest BCUT2D eigenvalue weighted by molar-refractivity contribution is -0.119. The van der Waals surface area contributed by atoms with Gasteiger partial charge in [-0.1, -0.05) is 42.0 Å². The van der Waals surface area contributed by atoms with Crippen LogP contribution in [0.2, 0.25) is 0 Å². The average Bonchev–Trinajstić information content (AvgIpc) is 2.76. The van der Waals surface area contributed by atoms with Crippen LogP contribution >= 0.6 is 0 Å². The highest BCUT2D eigenvalue weighted by molar-refractivity contribution is 7.92. The Morgan fingerprint density at radius 2 is 1.64 bits per heavy atom. The minimum atomic E-state index is -3.93. The van der Waals surface area contributed by atoms with Gasteiger partial charge in [-0.25, -0.2) is 8.42 Å². The quantitative estimate of drug-likeness (QED) is 0.500. The molecule has 0 radical (unpaired) electrons. The maximum atomic E-state index is 13.4. The van der Waals surface area contributed by atoms with E-state index in [9.17, 15) is 13.2 Å². The third kappa shape index (κ3) is 6.58. The predicted octanol–water partition coefficient (Wildman–Crippen LogP) is 4.60. The van der Waals surface area contributed by atoms with Crippen LogP contribution in [-0.2, 0) is 21.4 Å². The van der Waals surface area contributed by atoms with Gasteiger partial charge in [-0.3, -0.25) is 9.10 Å². The summed E-state index contributed by atoms with van der Waals surface area (Å²) in [7, 11) is -3.93. The smallest absolute Gasteiger partial charge is 0.264 e. The van der Waals surface area contributed by atoms with Crippen LogP contribution in [0.25, 0.3) is 0 Å². The number of nitrogens with zero attached hydrogens (tertiary/aromatic N) is 1. The van der Waals surface area contributed by atoms with E-state index in [-0.39, 0.29) is 24.1 Å². The summed E-state index contributed by atoms with van der Waals surface area (Å²) in [4.78, 5) is 13.0. The van der Waals surface area contributed by atoms with Crippen molar-refractivity contribution in [2.24, 2.45) is 0 Å². The first-order chi connectivity index (χ1) is 15.6. The molecule has 3 aromatic carbocycles. The largest absolute Gasteiger partial charge is 0.491 e. The van der Waals surface area contributed by atoms with E-state index in [0.29, 0.717) is 5.69 Å². The van der Waals surface area contributed by atoms with Gasteiger partial charge in [0.25, 0.3) is 10.0 Å². The number of benzene rings is 3. The zero-order valence-corrected chi connectivity index (χ0v) is 20.2. The minimum Gasteiger partial charge on any atom is -0.491 e. The van der Waals surface area contributed by atoms with Gasteiger partial charge in [0.05, 0.1) is 16.7 Å². The first kappa shape index (κ1) is 24.3. The molecule has 0 spiro atoms. The van der Waals surface area contributed by atoms with Crippen LogP contribution in [0.1, 0.15) is 30.5 Å². The predicted molar refractivity (Wildman–Crippen MR) is 131 cm³/mol. The molecule has 0 aliphatic rings. The second-order valence-electron chi connectivity index (χ2n) is 8.25. The molecule has 33 heavy (non-hydrogen) atoms. The lowest BCUT2D eigenvalue weighted by Gasteiger charge is -2.24. The molecular weight excluding hydrogens is 436 g/mol. The number of aryl methyl sites for hydroxylation is 2. The van der Waals surface area contributed by atoms with Gasteiger partial charge in [0.1, 0.15) is 12.3 Å². The summed E-state index contributed by atoms with van der Waals surface area (Å²) < 4.78 is 33.7. The number of carbonyl (C=O) groups excluding carboxylic acids is 1. The topological polar surface area (TPSA) is 75.7 Å². The molecule has 1 amide bonds. The van der Waals surface area contributed by atoms with E-state index >= 15 is 0 Å². The fraction of sp³-hybridized carbons (Fsp3) is 0.269. The Morgan fingerprint density at radius 3 is 2.30 bits per heavy atom. The second kappa shape index (κ2) is 10.5. The zero-order chi connectivity index (χ0) is 24.0. The minimum absolute atomic E-state index is 0.0460. The molecule has 0 fully saturated rings. The van der Waals surface area contributed by atoms with Crippen molar-refractivity contribution >= 4 is 21.6 Å². The van der Waals surface area contributed by atoms with E-state index in [1.807, 2.05) is 58.0 Å². The number of sulfonamides is 1. The molecule has 0 saturated carbocycles. The molecule has 0 atom stereocenters. The van der Waals surface area contributed by atoms with E-state index in [1.54, 1.807) is 42.5 Å². The second-order valence-corrected chi connectivity index (χ2v) is 10.1. The van der Waals surface area contributed by atoms with Crippen molar-refractivity contribution < 1.29 is 17.9 Å². The van der Waals surface area contributed by atoms with E-state index in [1.165, 1.54) is 0 Å². The van der Waals surface area contributed by atoms with Crippen LogP contribution in [0.3, 0.4) is 0 Å². The molecule has 0 aliphatic carbocycles. The van der Waals surface area contributed by atoms with Crippen LogP contribution in [0.4, 0.5) is 5.69 Å². The molecule has 3 aromatic rings. The number of amides is 1. The Balaban J connectivity index is 1.80. The Labute approximate surface area is 196 Å². The lowest BCUT2D eigenvalue weighted by Crippen LogP contribution is -2.40. The van der Waals surface area contributed by atoms with Crippen LogP contribution in [-0.4, -0.2) is 27.0 Å². The van der Waals surface area contributed by atoms with Crippen LogP contribution < -0.4 is 14.4 Å².